The zero-order chi connectivity index (χ0) is 14.8. The minimum absolute atomic E-state index is 0.153. The van der Waals surface area contributed by atoms with E-state index < -0.39 is 5.41 Å². The Hall–Kier alpha value is -1.04. The third-order valence-electron chi connectivity index (χ3n) is 6.36. The lowest BCUT2D eigenvalue weighted by atomic mass is 9.75. The van der Waals surface area contributed by atoms with Gasteiger partial charge in [-0.3, -0.25) is 4.79 Å². The van der Waals surface area contributed by atoms with Gasteiger partial charge in [-0.1, -0.05) is 38.5 Å². The van der Waals surface area contributed by atoms with Crippen LogP contribution in [0.4, 0.5) is 0 Å². The molecular formula is C18H28N2O. The molecule has 3 heteroatoms. The zero-order valence-corrected chi connectivity index (χ0v) is 13.2. The number of hydrogen-bond donors (Lipinski definition) is 0. The highest BCUT2D eigenvalue weighted by molar-refractivity contribution is 5.85. The molecule has 1 saturated heterocycles. The lowest BCUT2D eigenvalue weighted by molar-refractivity contribution is -0.142. The van der Waals surface area contributed by atoms with Crippen LogP contribution in [0, 0.1) is 22.2 Å². The first-order valence-electron chi connectivity index (χ1n) is 8.91. The highest BCUT2D eigenvalue weighted by Gasteiger charge is 2.45. The van der Waals surface area contributed by atoms with Gasteiger partial charge in [0.1, 0.15) is 5.41 Å². The Morgan fingerprint density at radius 2 is 1.33 bits per heavy atom. The average molecular weight is 288 g/mol. The molecule has 0 atom stereocenters. The van der Waals surface area contributed by atoms with Crippen molar-refractivity contribution < 1.29 is 4.79 Å². The van der Waals surface area contributed by atoms with Gasteiger partial charge < -0.3 is 4.90 Å². The predicted molar refractivity (Wildman–Crippen MR) is 82.5 cm³/mol. The molecule has 0 N–H and O–H groups in total. The van der Waals surface area contributed by atoms with Gasteiger partial charge in [-0.15, -0.1) is 0 Å². The van der Waals surface area contributed by atoms with E-state index in [1.54, 1.807) is 0 Å². The number of likely N-dealkylation sites (tertiary alicyclic amines) is 1. The molecule has 3 rings (SSSR count). The summed E-state index contributed by atoms with van der Waals surface area (Å²) >= 11 is 0. The highest BCUT2D eigenvalue weighted by atomic mass is 16.2. The van der Waals surface area contributed by atoms with Gasteiger partial charge in [0.15, 0.2) is 0 Å². The summed E-state index contributed by atoms with van der Waals surface area (Å²) in [4.78, 5) is 15.0. The molecule has 3 fully saturated rings. The number of nitriles is 1. The maximum atomic E-state index is 13.0. The normalized spacial score (nSPS) is 28.0. The van der Waals surface area contributed by atoms with Crippen LogP contribution in [0.25, 0.3) is 0 Å². The Bertz CT molecular complexity index is 413. The van der Waals surface area contributed by atoms with Crippen LogP contribution in [0.3, 0.4) is 0 Å². The maximum Gasteiger partial charge on any atom is 0.243 e. The van der Waals surface area contributed by atoms with Crippen molar-refractivity contribution in [3.63, 3.8) is 0 Å². The van der Waals surface area contributed by atoms with Crippen LogP contribution in [0.15, 0.2) is 0 Å². The average Bonchev–Trinajstić information content (AvgIpc) is 2.83. The molecule has 1 spiro atoms. The van der Waals surface area contributed by atoms with Crippen LogP contribution in [0.2, 0.25) is 0 Å². The lowest BCUT2D eigenvalue weighted by Crippen LogP contribution is -2.48. The third kappa shape index (κ3) is 2.82. The Morgan fingerprint density at radius 1 is 0.810 bits per heavy atom. The fourth-order valence-electron chi connectivity index (χ4n) is 4.82. The van der Waals surface area contributed by atoms with Crippen LogP contribution in [-0.2, 0) is 4.79 Å². The molecule has 3 nitrogen and oxygen atoms in total. The monoisotopic (exact) mass is 288 g/mol. The van der Waals surface area contributed by atoms with Gasteiger partial charge in [-0.05, 0) is 43.9 Å². The predicted octanol–water partition coefficient (Wildman–Crippen LogP) is 4.03. The summed E-state index contributed by atoms with van der Waals surface area (Å²) < 4.78 is 0. The van der Waals surface area contributed by atoms with Crippen molar-refractivity contribution in [2.75, 3.05) is 13.1 Å². The molecule has 2 aliphatic carbocycles. The maximum absolute atomic E-state index is 13.0. The minimum atomic E-state index is -0.698. The molecule has 1 heterocycles. The molecule has 0 bridgehead atoms. The molecule has 1 aliphatic heterocycles. The van der Waals surface area contributed by atoms with Crippen LogP contribution in [0.1, 0.15) is 77.0 Å². The van der Waals surface area contributed by atoms with Crippen molar-refractivity contribution in [1.29, 1.82) is 5.26 Å². The van der Waals surface area contributed by atoms with E-state index >= 15 is 0 Å². The van der Waals surface area contributed by atoms with Gasteiger partial charge in [-0.2, -0.15) is 5.26 Å². The van der Waals surface area contributed by atoms with Gasteiger partial charge in [-0.25, -0.2) is 0 Å². The number of rotatable bonds is 1. The van der Waals surface area contributed by atoms with Gasteiger partial charge in [0.25, 0.3) is 0 Å². The van der Waals surface area contributed by atoms with Crippen LogP contribution in [0.5, 0.6) is 0 Å². The lowest BCUT2D eigenvalue weighted by Gasteiger charge is -2.42. The van der Waals surface area contributed by atoms with Crippen LogP contribution >= 0.6 is 0 Å². The SMILES string of the molecule is N#CC1(C(=O)N2CCC3(CCCC3)CC2)CCCCCC1. The summed E-state index contributed by atoms with van der Waals surface area (Å²) in [5.41, 5.74) is -0.156. The van der Waals surface area contributed by atoms with E-state index in [-0.39, 0.29) is 5.91 Å². The zero-order valence-electron chi connectivity index (χ0n) is 13.2. The van der Waals surface area contributed by atoms with Crippen LogP contribution in [-0.4, -0.2) is 23.9 Å². The molecule has 0 unspecified atom stereocenters. The first-order valence-corrected chi connectivity index (χ1v) is 8.91. The van der Waals surface area contributed by atoms with E-state index in [0.29, 0.717) is 5.41 Å². The first kappa shape index (κ1) is 14.9. The van der Waals surface area contributed by atoms with Gasteiger partial charge in [0, 0.05) is 13.1 Å². The van der Waals surface area contributed by atoms with Crippen molar-refractivity contribution in [3.8, 4) is 6.07 Å². The molecule has 0 aromatic heterocycles. The number of amides is 1. The number of carbonyl (C=O) groups excluding carboxylic acids is 1. The van der Waals surface area contributed by atoms with E-state index in [1.807, 2.05) is 4.90 Å². The molecule has 0 radical (unpaired) electrons. The second kappa shape index (κ2) is 5.99. The summed E-state index contributed by atoms with van der Waals surface area (Å²) in [6.07, 6.45) is 13.8. The number of carbonyl (C=O) groups is 1. The topological polar surface area (TPSA) is 44.1 Å². The molecule has 21 heavy (non-hydrogen) atoms. The molecule has 116 valence electrons. The summed E-state index contributed by atoms with van der Waals surface area (Å²) in [5, 5.41) is 9.68. The summed E-state index contributed by atoms with van der Waals surface area (Å²) in [6, 6.07) is 2.42. The Morgan fingerprint density at radius 3 is 1.86 bits per heavy atom. The summed E-state index contributed by atoms with van der Waals surface area (Å²) in [6.45, 7) is 1.78. The molecule has 0 aromatic rings. The quantitative estimate of drug-likeness (QED) is 0.684. The highest BCUT2D eigenvalue weighted by Crippen LogP contribution is 2.47. The number of hydrogen-bond acceptors (Lipinski definition) is 2. The fraction of sp³-hybridized carbons (Fsp3) is 0.889. The van der Waals surface area contributed by atoms with E-state index in [0.717, 1.165) is 38.8 Å². The summed E-state index contributed by atoms with van der Waals surface area (Å²) in [7, 11) is 0. The van der Waals surface area contributed by atoms with Gasteiger partial charge in [0.05, 0.1) is 6.07 Å². The van der Waals surface area contributed by atoms with Crippen molar-refractivity contribution in [2.24, 2.45) is 10.8 Å². The molecule has 2 saturated carbocycles. The first-order chi connectivity index (χ1) is 10.2. The molecule has 0 aromatic carbocycles. The largest absolute Gasteiger partial charge is 0.341 e. The van der Waals surface area contributed by atoms with E-state index in [1.165, 1.54) is 51.4 Å². The standard InChI is InChI=1S/C18H28N2O/c19-15-18(9-3-1-2-4-10-18)16(21)20-13-11-17(12-14-20)7-5-6-8-17/h1-14H2. The van der Waals surface area contributed by atoms with E-state index in [4.69, 9.17) is 0 Å². The Kier molecular flexibility index (Phi) is 4.24. The third-order valence-corrected chi connectivity index (χ3v) is 6.36. The van der Waals surface area contributed by atoms with E-state index in [9.17, 15) is 10.1 Å². The van der Waals surface area contributed by atoms with Gasteiger partial charge >= 0.3 is 0 Å². The number of nitrogens with zero attached hydrogens (tertiary/aromatic N) is 2. The van der Waals surface area contributed by atoms with Crippen molar-refractivity contribution in [1.82, 2.24) is 4.90 Å². The van der Waals surface area contributed by atoms with Gasteiger partial charge in [0.2, 0.25) is 5.91 Å². The summed E-state index contributed by atoms with van der Waals surface area (Å²) in [5.74, 6) is 0.153. The van der Waals surface area contributed by atoms with E-state index in [2.05, 4.69) is 6.07 Å². The smallest absolute Gasteiger partial charge is 0.243 e. The number of piperidine rings is 1. The van der Waals surface area contributed by atoms with Crippen molar-refractivity contribution >= 4 is 5.91 Å². The minimum Gasteiger partial charge on any atom is -0.341 e. The second-order valence-electron chi connectivity index (χ2n) is 7.61. The van der Waals surface area contributed by atoms with Crippen molar-refractivity contribution in [3.05, 3.63) is 0 Å². The fourth-order valence-corrected chi connectivity index (χ4v) is 4.82. The van der Waals surface area contributed by atoms with Crippen molar-refractivity contribution in [2.45, 2.75) is 77.0 Å². The second-order valence-corrected chi connectivity index (χ2v) is 7.61. The Labute approximate surface area is 128 Å². The Balaban J connectivity index is 1.66. The van der Waals surface area contributed by atoms with Crippen LogP contribution < -0.4 is 0 Å². The molecule has 1 amide bonds. The molecule has 3 aliphatic rings. The molecular weight excluding hydrogens is 260 g/mol.